The quantitative estimate of drug-likeness (QED) is 0.267. The molecule has 2 heterocycles. The number of hydrogen-bond donors (Lipinski definition) is 1. The topological polar surface area (TPSA) is 85.2 Å². The van der Waals surface area contributed by atoms with Gasteiger partial charge in [0.05, 0.1) is 11.6 Å². The highest BCUT2D eigenvalue weighted by molar-refractivity contribution is 7.15. The highest BCUT2D eigenvalue weighted by Gasteiger charge is 2.18. The first-order valence-electron chi connectivity index (χ1n) is 11.4. The summed E-state index contributed by atoms with van der Waals surface area (Å²) in [5, 5.41) is 9.86. The molecule has 0 spiro atoms. The van der Waals surface area contributed by atoms with Crippen molar-refractivity contribution in [3.63, 3.8) is 0 Å². The molecule has 178 valence electrons. The molecule has 1 atom stereocenters. The number of nitrogens with zero attached hydrogens (tertiary/aromatic N) is 3. The zero-order chi connectivity index (χ0) is 24.8. The Hall–Kier alpha value is -3.84. The number of rotatable bonds is 10. The molecule has 0 radical (unpaired) electrons. The summed E-state index contributed by atoms with van der Waals surface area (Å²) in [6.07, 6.45) is 5.97. The molecule has 0 aliphatic carbocycles. The minimum absolute atomic E-state index is 0.0519. The molecule has 4 rings (SSSR count). The van der Waals surface area contributed by atoms with Crippen LogP contribution >= 0.6 is 11.3 Å². The van der Waals surface area contributed by atoms with E-state index >= 15 is 0 Å². The lowest BCUT2D eigenvalue weighted by Gasteiger charge is -2.14. The zero-order valence-corrected chi connectivity index (χ0v) is 20.6. The number of aromatic nitrogens is 3. The zero-order valence-electron chi connectivity index (χ0n) is 19.8. The van der Waals surface area contributed by atoms with Gasteiger partial charge in [-0.15, -0.1) is 17.9 Å². The van der Waals surface area contributed by atoms with Crippen LogP contribution < -0.4 is 4.74 Å². The van der Waals surface area contributed by atoms with E-state index in [0.717, 1.165) is 43.6 Å². The normalized spacial score (nSPS) is 11.7. The second kappa shape index (κ2) is 11.1. The maximum Gasteiger partial charge on any atom is 0.303 e. The molecular weight excluding hydrogens is 458 g/mol. The van der Waals surface area contributed by atoms with Crippen LogP contribution in [0.4, 0.5) is 0 Å². The summed E-state index contributed by atoms with van der Waals surface area (Å²) in [4.78, 5) is 25.5. The number of carboxylic acids is 1. The Labute approximate surface area is 209 Å². The van der Waals surface area contributed by atoms with E-state index in [1.807, 2.05) is 55.5 Å². The first-order valence-corrected chi connectivity index (χ1v) is 12.2. The molecule has 0 saturated heterocycles. The van der Waals surface area contributed by atoms with E-state index in [-0.39, 0.29) is 12.3 Å². The number of carbonyl (C=O) groups is 1. The molecule has 1 unspecified atom stereocenters. The van der Waals surface area contributed by atoms with Crippen molar-refractivity contribution >= 4 is 17.3 Å². The van der Waals surface area contributed by atoms with E-state index in [1.54, 1.807) is 29.8 Å². The molecular formula is C28H27N3O3S. The maximum absolute atomic E-state index is 10.8. The van der Waals surface area contributed by atoms with Gasteiger partial charge in [0.1, 0.15) is 17.4 Å². The number of thiazole rings is 1. The summed E-state index contributed by atoms with van der Waals surface area (Å²) in [5.41, 5.74) is 5.01. The van der Waals surface area contributed by atoms with Crippen LogP contribution in [0.25, 0.3) is 22.0 Å². The summed E-state index contributed by atoms with van der Waals surface area (Å²) in [7, 11) is 0. The van der Waals surface area contributed by atoms with E-state index in [0.29, 0.717) is 18.9 Å². The van der Waals surface area contributed by atoms with Gasteiger partial charge >= 0.3 is 5.97 Å². The van der Waals surface area contributed by atoms with Gasteiger partial charge in [-0.2, -0.15) is 0 Å². The molecule has 1 N–H and O–H groups in total. The Morgan fingerprint density at radius 3 is 2.49 bits per heavy atom. The number of benzene rings is 2. The van der Waals surface area contributed by atoms with Crippen molar-refractivity contribution in [3.8, 4) is 27.7 Å². The Kier molecular flexibility index (Phi) is 7.67. The van der Waals surface area contributed by atoms with Crippen molar-refractivity contribution in [3.05, 3.63) is 95.3 Å². The van der Waals surface area contributed by atoms with Gasteiger partial charge < -0.3 is 9.84 Å². The molecule has 7 heteroatoms. The fourth-order valence-corrected chi connectivity index (χ4v) is 4.80. The van der Waals surface area contributed by atoms with Crippen molar-refractivity contribution < 1.29 is 14.6 Å². The monoisotopic (exact) mass is 485 g/mol. The van der Waals surface area contributed by atoms with Gasteiger partial charge in [0, 0.05) is 34.8 Å². The Bertz CT molecular complexity index is 1320. The average molecular weight is 486 g/mol. The molecule has 0 aliphatic rings. The third-order valence-corrected chi connectivity index (χ3v) is 6.81. The smallest absolute Gasteiger partial charge is 0.303 e. The van der Waals surface area contributed by atoms with Gasteiger partial charge in [-0.25, -0.2) is 15.0 Å². The molecule has 0 aliphatic heterocycles. The molecule has 0 amide bonds. The van der Waals surface area contributed by atoms with Crippen LogP contribution in [0.2, 0.25) is 0 Å². The van der Waals surface area contributed by atoms with Crippen LogP contribution in [-0.4, -0.2) is 32.6 Å². The largest absolute Gasteiger partial charge is 0.493 e. The van der Waals surface area contributed by atoms with E-state index in [9.17, 15) is 4.79 Å². The van der Waals surface area contributed by atoms with E-state index in [4.69, 9.17) is 14.8 Å². The second-order valence-corrected chi connectivity index (χ2v) is 9.45. The Morgan fingerprint density at radius 1 is 1.11 bits per heavy atom. The van der Waals surface area contributed by atoms with Gasteiger partial charge in [-0.3, -0.25) is 4.79 Å². The molecule has 0 fully saturated rings. The fraction of sp³-hybridized carbons (Fsp3) is 0.214. The van der Waals surface area contributed by atoms with Crippen LogP contribution in [0.3, 0.4) is 0 Å². The molecule has 0 bridgehead atoms. The highest BCUT2D eigenvalue weighted by Crippen LogP contribution is 2.33. The molecule has 2 aromatic carbocycles. The Balaban J connectivity index is 1.45. The number of hydrogen-bond acceptors (Lipinski definition) is 6. The Morgan fingerprint density at radius 2 is 1.83 bits per heavy atom. The van der Waals surface area contributed by atoms with Gasteiger partial charge in [-0.05, 0) is 49.6 Å². The van der Waals surface area contributed by atoms with Crippen LogP contribution in [0, 0.1) is 13.8 Å². The van der Waals surface area contributed by atoms with Crippen molar-refractivity contribution in [2.45, 2.75) is 32.6 Å². The lowest BCUT2D eigenvalue weighted by atomic mass is 10.0. The average Bonchev–Trinajstić information content (AvgIpc) is 3.26. The van der Waals surface area contributed by atoms with Crippen LogP contribution in [0.1, 0.15) is 34.0 Å². The summed E-state index contributed by atoms with van der Waals surface area (Å²) in [5.74, 6) is 0.603. The molecule has 0 saturated carbocycles. The van der Waals surface area contributed by atoms with E-state index < -0.39 is 5.97 Å². The van der Waals surface area contributed by atoms with Gasteiger partial charge in [0.15, 0.2) is 5.82 Å². The van der Waals surface area contributed by atoms with E-state index in [2.05, 4.69) is 23.5 Å². The second-order valence-electron chi connectivity index (χ2n) is 8.25. The van der Waals surface area contributed by atoms with Crippen molar-refractivity contribution in [2.75, 3.05) is 6.61 Å². The standard InChI is InChI=1S/C28H27N3O3S/c1-4-20(17-34-24-12-10-21(18(2)16-24)11-13-25(32)33)26-19(3)35-28(31-26)23-8-6-22(7-9-23)27-29-14-5-15-30-27/h4-10,12,14-16,20H,1,11,13,17H2,2-3H3,(H,32,33). The SMILES string of the molecule is C=CC(COc1ccc(CCC(=O)O)c(C)c1)c1nc(-c2ccc(-c3ncccn3)cc2)sc1C. The first kappa shape index (κ1) is 24.3. The lowest BCUT2D eigenvalue weighted by Crippen LogP contribution is -2.10. The summed E-state index contributed by atoms with van der Waals surface area (Å²) < 4.78 is 6.07. The van der Waals surface area contributed by atoms with Crippen LogP contribution in [0.5, 0.6) is 5.75 Å². The lowest BCUT2D eigenvalue weighted by molar-refractivity contribution is -0.136. The van der Waals surface area contributed by atoms with Gasteiger partial charge in [0.2, 0.25) is 0 Å². The van der Waals surface area contributed by atoms with Crippen molar-refractivity contribution in [1.29, 1.82) is 0 Å². The first-order chi connectivity index (χ1) is 16.9. The maximum atomic E-state index is 10.8. The van der Waals surface area contributed by atoms with Crippen molar-refractivity contribution in [1.82, 2.24) is 15.0 Å². The summed E-state index contributed by atoms with van der Waals surface area (Å²) in [6.45, 7) is 8.47. The third-order valence-electron chi connectivity index (χ3n) is 5.78. The molecule has 35 heavy (non-hydrogen) atoms. The number of carboxylic acid groups (broad SMARTS) is 1. The number of ether oxygens (including phenoxy) is 1. The van der Waals surface area contributed by atoms with Crippen molar-refractivity contribution in [2.24, 2.45) is 0 Å². The van der Waals surface area contributed by atoms with Gasteiger partial charge in [0.25, 0.3) is 0 Å². The number of aryl methyl sites for hydroxylation is 3. The molecule has 2 aromatic heterocycles. The molecule has 6 nitrogen and oxygen atoms in total. The van der Waals surface area contributed by atoms with Crippen LogP contribution in [-0.2, 0) is 11.2 Å². The highest BCUT2D eigenvalue weighted by atomic mass is 32.1. The van der Waals surface area contributed by atoms with E-state index in [1.165, 1.54) is 0 Å². The van der Waals surface area contributed by atoms with Gasteiger partial charge in [-0.1, -0.05) is 36.4 Å². The third kappa shape index (κ3) is 6.00. The number of aliphatic carboxylic acids is 1. The minimum Gasteiger partial charge on any atom is -0.493 e. The summed E-state index contributed by atoms with van der Waals surface area (Å²) in [6, 6.07) is 15.7. The van der Waals surface area contributed by atoms with Crippen LogP contribution in [0.15, 0.2) is 73.6 Å². The summed E-state index contributed by atoms with van der Waals surface area (Å²) >= 11 is 1.65. The fourth-order valence-electron chi connectivity index (χ4n) is 3.81. The predicted molar refractivity (Wildman–Crippen MR) is 139 cm³/mol. The molecule has 4 aromatic rings. The minimum atomic E-state index is -0.794. The predicted octanol–water partition coefficient (Wildman–Crippen LogP) is 6.25.